The number of pyridine rings is 1. The Morgan fingerprint density at radius 3 is 2.67 bits per heavy atom. The summed E-state index contributed by atoms with van der Waals surface area (Å²) in [5, 5.41) is 12.1. The molecule has 0 unspecified atom stereocenters. The quantitative estimate of drug-likeness (QED) is 0.743. The number of hydrogen-bond donors (Lipinski definition) is 2. The number of aliphatic hydroxyl groups excluding tert-OH is 1. The first-order valence-electron chi connectivity index (χ1n) is 6.71. The van der Waals surface area contributed by atoms with E-state index in [9.17, 15) is 0 Å². The van der Waals surface area contributed by atoms with Gasteiger partial charge in [0, 0.05) is 38.5 Å². The van der Waals surface area contributed by atoms with Gasteiger partial charge in [0.1, 0.15) is 5.82 Å². The Labute approximate surface area is 110 Å². The van der Waals surface area contributed by atoms with Gasteiger partial charge in [0.15, 0.2) is 0 Å². The summed E-state index contributed by atoms with van der Waals surface area (Å²) >= 11 is 0. The van der Waals surface area contributed by atoms with Crippen molar-refractivity contribution in [2.45, 2.75) is 39.8 Å². The summed E-state index contributed by atoms with van der Waals surface area (Å²) in [6.07, 6.45) is 2.74. The predicted octanol–water partition coefficient (Wildman–Crippen LogP) is 2.11. The SMILES string of the molecule is CCNc1ccc(CN(CCCO)C(C)C)cn1. The van der Waals surface area contributed by atoms with Crippen LogP contribution in [0.15, 0.2) is 18.3 Å². The van der Waals surface area contributed by atoms with Crippen LogP contribution >= 0.6 is 0 Å². The molecule has 0 aliphatic carbocycles. The number of nitrogens with one attached hydrogen (secondary N) is 1. The van der Waals surface area contributed by atoms with E-state index in [-0.39, 0.29) is 6.61 Å². The van der Waals surface area contributed by atoms with Crippen molar-refractivity contribution in [3.05, 3.63) is 23.9 Å². The van der Waals surface area contributed by atoms with Gasteiger partial charge in [0.05, 0.1) is 0 Å². The van der Waals surface area contributed by atoms with Crippen LogP contribution in [0.3, 0.4) is 0 Å². The molecule has 4 nitrogen and oxygen atoms in total. The molecule has 0 fully saturated rings. The van der Waals surface area contributed by atoms with Gasteiger partial charge in [-0.15, -0.1) is 0 Å². The Morgan fingerprint density at radius 2 is 2.17 bits per heavy atom. The molecule has 0 saturated heterocycles. The Hall–Kier alpha value is -1.13. The van der Waals surface area contributed by atoms with Crippen molar-refractivity contribution < 1.29 is 5.11 Å². The molecule has 0 amide bonds. The zero-order valence-electron chi connectivity index (χ0n) is 11.7. The van der Waals surface area contributed by atoms with Crippen LogP contribution in [0.25, 0.3) is 0 Å². The first kappa shape index (κ1) is 14.9. The van der Waals surface area contributed by atoms with E-state index in [1.807, 2.05) is 12.3 Å². The summed E-state index contributed by atoms with van der Waals surface area (Å²) in [7, 11) is 0. The molecule has 102 valence electrons. The molecule has 0 saturated carbocycles. The third-order valence-electron chi connectivity index (χ3n) is 2.90. The number of aliphatic hydroxyl groups is 1. The number of nitrogens with zero attached hydrogens (tertiary/aromatic N) is 2. The van der Waals surface area contributed by atoms with Crippen LogP contribution in [-0.2, 0) is 6.54 Å². The van der Waals surface area contributed by atoms with Crippen molar-refractivity contribution in [3.8, 4) is 0 Å². The number of rotatable bonds is 8. The van der Waals surface area contributed by atoms with Gasteiger partial charge in [0.2, 0.25) is 0 Å². The molecule has 0 aliphatic heterocycles. The second-order valence-electron chi connectivity index (χ2n) is 4.72. The molecular formula is C14H25N3O. The second kappa shape index (κ2) is 8.06. The topological polar surface area (TPSA) is 48.4 Å². The number of anilines is 1. The third-order valence-corrected chi connectivity index (χ3v) is 2.90. The average molecular weight is 251 g/mol. The summed E-state index contributed by atoms with van der Waals surface area (Å²) in [4.78, 5) is 6.72. The van der Waals surface area contributed by atoms with Crippen molar-refractivity contribution in [3.63, 3.8) is 0 Å². The van der Waals surface area contributed by atoms with Gasteiger partial charge in [-0.2, -0.15) is 0 Å². The lowest BCUT2D eigenvalue weighted by Gasteiger charge is -2.26. The highest BCUT2D eigenvalue weighted by Gasteiger charge is 2.09. The summed E-state index contributed by atoms with van der Waals surface area (Å²) in [6.45, 7) is 9.36. The molecule has 2 N–H and O–H groups in total. The minimum atomic E-state index is 0.251. The van der Waals surface area contributed by atoms with E-state index in [0.29, 0.717) is 6.04 Å². The summed E-state index contributed by atoms with van der Waals surface area (Å²) in [6, 6.07) is 4.60. The summed E-state index contributed by atoms with van der Waals surface area (Å²) in [5.74, 6) is 0.924. The minimum absolute atomic E-state index is 0.251. The van der Waals surface area contributed by atoms with Crippen molar-refractivity contribution >= 4 is 5.82 Å². The first-order valence-corrected chi connectivity index (χ1v) is 6.71. The van der Waals surface area contributed by atoms with Gasteiger partial charge in [-0.3, -0.25) is 4.90 Å². The molecule has 1 aromatic rings. The normalized spacial score (nSPS) is 11.2. The Kier molecular flexibility index (Phi) is 6.68. The summed E-state index contributed by atoms with van der Waals surface area (Å²) < 4.78 is 0. The fourth-order valence-electron chi connectivity index (χ4n) is 1.83. The highest BCUT2D eigenvalue weighted by molar-refractivity contribution is 5.35. The molecule has 1 heterocycles. The lowest BCUT2D eigenvalue weighted by molar-refractivity contribution is 0.184. The van der Waals surface area contributed by atoms with E-state index in [2.05, 4.69) is 42.0 Å². The lowest BCUT2D eigenvalue weighted by Crippen LogP contribution is -2.31. The van der Waals surface area contributed by atoms with E-state index >= 15 is 0 Å². The molecule has 0 radical (unpaired) electrons. The zero-order chi connectivity index (χ0) is 13.4. The van der Waals surface area contributed by atoms with Gasteiger partial charge in [-0.25, -0.2) is 4.98 Å². The van der Waals surface area contributed by atoms with Gasteiger partial charge >= 0.3 is 0 Å². The molecule has 0 bridgehead atoms. The Morgan fingerprint density at radius 1 is 1.39 bits per heavy atom. The lowest BCUT2D eigenvalue weighted by atomic mass is 10.2. The van der Waals surface area contributed by atoms with Gasteiger partial charge in [-0.05, 0) is 38.8 Å². The van der Waals surface area contributed by atoms with Gasteiger partial charge in [0.25, 0.3) is 0 Å². The van der Waals surface area contributed by atoms with Crippen LogP contribution in [0.4, 0.5) is 5.82 Å². The van der Waals surface area contributed by atoms with Gasteiger partial charge in [-0.1, -0.05) is 6.07 Å². The van der Waals surface area contributed by atoms with Crippen LogP contribution in [0.1, 0.15) is 32.8 Å². The molecule has 4 heteroatoms. The molecular weight excluding hydrogens is 226 g/mol. The monoisotopic (exact) mass is 251 g/mol. The third kappa shape index (κ3) is 5.02. The highest BCUT2D eigenvalue weighted by Crippen LogP contribution is 2.10. The van der Waals surface area contributed by atoms with Crippen LogP contribution in [0, 0.1) is 0 Å². The van der Waals surface area contributed by atoms with Crippen LogP contribution in [-0.4, -0.2) is 40.7 Å². The largest absolute Gasteiger partial charge is 0.396 e. The number of aromatic nitrogens is 1. The predicted molar refractivity (Wildman–Crippen MR) is 75.6 cm³/mol. The number of hydrogen-bond acceptors (Lipinski definition) is 4. The van der Waals surface area contributed by atoms with E-state index < -0.39 is 0 Å². The minimum Gasteiger partial charge on any atom is -0.396 e. The molecule has 18 heavy (non-hydrogen) atoms. The zero-order valence-corrected chi connectivity index (χ0v) is 11.7. The van der Waals surface area contributed by atoms with Crippen molar-refractivity contribution in [2.75, 3.05) is 25.0 Å². The molecule has 0 aliphatic rings. The van der Waals surface area contributed by atoms with E-state index in [1.54, 1.807) is 0 Å². The first-order chi connectivity index (χ1) is 8.67. The maximum absolute atomic E-state index is 8.91. The van der Waals surface area contributed by atoms with E-state index in [0.717, 1.165) is 31.9 Å². The van der Waals surface area contributed by atoms with Crippen LogP contribution in [0.2, 0.25) is 0 Å². The van der Waals surface area contributed by atoms with E-state index in [1.165, 1.54) is 5.56 Å². The van der Waals surface area contributed by atoms with Crippen molar-refractivity contribution in [1.29, 1.82) is 0 Å². The molecule has 1 aromatic heterocycles. The summed E-state index contributed by atoms with van der Waals surface area (Å²) in [5.41, 5.74) is 1.21. The van der Waals surface area contributed by atoms with Gasteiger partial charge < -0.3 is 10.4 Å². The Bertz CT molecular complexity index is 324. The highest BCUT2D eigenvalue weighted by atomic mass is 16.3. The Balaban J connectivity index is 2.57. The molecule has 0 atom stereocenters. The standard InChI is InChI=1S/C14H25N3O/c1-4-15-14-7-6-13(10-16-14)11-17(12(2)3)8-5-9-18/h6-7,10,12,18H,4-5,8-9,11H2,1-3H3,(H,15,16). The molecule has 1 rings (SSSR count). The second-order valence-corrected chi connectivity index (χ2v) is 4.72. The fraction of sp³-hybridized carbons (Fsp3) is 0.643. The maximum Gasteiger partial charge on any atom is 0.125 e. The van der Waals surface area contributed by atoms with Crippen molar-refractivity contribution in [2.24, 2.45) is 0 Å². The smallest absolute Gasteiger partial charge is 0.125 e. The van der Waals surface area contributed by atoms with Crippen molar-refractivity contribution in [1.82, 2.24) is 9.88 Å². The molecule has 0 aromatic carbocycles. The van der Waals surface area contributed by atoms with Crippen LogP contribution in [0.5, 0.6) is 0 Å². The van der Waals surface area contributed by atoms with E-state index in [4.69, 9.17) is 5.11 Å². The van der Waals surface area contributed by atoms with Crippen LogP contribution < -0.4 is 5.32 Å². The average Bonchev–Trinajstić information content (AvgIpc) is 2.36. The molecule has 0 spiro atoms. The fourth-order valence-corrected chi connectivity index (χ4v) is 1.83. The maximum atomic E-state index is 8.91.